The van der Waals surface area contributed by atoms with E-state index in [1.807, 2.05) is 0 Å². The Morgan fingerprint density at radius 3 is 0.611 bits per heavy atom. The molecule has 0 amide bonds. The summed E-state index contributed by atoms with van der Waals surface area (Å²) in [7, 11) is 0. The second-order valence-electron chi connectivity index (χ2n) is 34.9. The monoisotopic (exact) mass is 1670 g/mol. The zero-order chi connectivity index (χ0) is 86.8. The van der Waals surface area contributed by atoms with Crippen molar-refractivity contribution in [2.24, 2.45) is 0 Å². The van der Waals surface area contributed by atoms with Crippen LogP contribution in [0.15, 0.2) is 485 Å². The number of para-hydroxylation sites is 12. The Kier molecular flexibility index (Phi) is 18.1. The van der Waals surface area contributed by atoms with Crippen LogP contribution in [0.5, 0.6) is 0 Å². The van der Waals surface area contributed by atoms with Gasteiger partial charge in [0, 0.05) is 140 Å². The molecule has 0 fully saturated rings. The lowest BCUT2D eigenvalue weighted by atomic mass is 9.80. The van der Waals surface area contributed by atoms with Gasteiger partial charge < -0.3 is 37.9 Å². The lowest BCUT2D eigenvalue weighted by Crippen LogP contribution is -2.15. The Morgan fingerprint density at radius 2 is 0.366 bits per heavy atom. The molecule has 4 aromatic heterocycles. The first kappa shape index (κ1) is 76.3. The highest BCUT2D eigenvalue weighted by Crippen LogP contribution is 2.55. The van der Waals surface area contributed by atoms with Crippen LogP contribution in [0.4, 0.5) is 68.2 Å². The molecule has 8 nitrogen and oxygen atoms in total. The minimum atomic E-state index is -0.478. The van der Waals surface area contributed by atoms with Crippen molar-refractivity contribution >= 4 is 155 Å². The zero-order valence-electron chi connectivity index (χ0n) is 72.3. The van der Waals surface area contributed by atoms with Crippen molar-refractivity contribution in [3.05, 3.63) is 496 Å². The minimum absolute atomic E-state index is 0.478. The lowest BCUT2D eigenvalue weighted by molar-refractivity contribution is 0.661. The van der Waals surface area contributed by atoms with Gasteiger partial charge in [0.15, 0.2) is 0 Å². The average Bonchev–Trinajstić information content (AvgIpc) is 1.58. The number of benzene rings is 20. The van der Waals surface area contributed by atoms with Crippen molar-refractivity contribution in [2.75, 3.05) is 19.6 Å². The summed E-state index contributed by atoms with van der Waals surface area (Å²) in [5.74, 6) is 0. The van der Waals surface area contributed by atoms with Crippen molar-refractivity contribution in [2.45, 2.75) is 19.3 Å². The molecule has 618 valence electrons. The van der Waals surface area contributed by atoms with Crippen LogP contribution in [-0.2, 0) is 5.41 Å². The Labute approximate surface area is 760 Å². The molecule has 0 bridgehead atoms. The fraction of sp³-hybridized carbons (Fsp3) is 0.0244. The smallest absolute Gasteiger partial charge is 0.0561 e. The summed E-state index contributed by atoms with van der Waals surface area (Å²) in [5, 5.41) is 9.57. The molecular formula is C123H86N8. The van der Waals surface area contributed by atoms with Crippen molar-refractivity contribution in [3.8, 4) is 56.1 Å². The van der Waals surface area contributed by atoms with Crippen molar-refractivity contribution in [1.82, 2.24) is 18.3 Å². The van der Waals surface area contributed by atoms with Crippen LogP contribution in [0.3, 0.4) is 0 Å². The van der Waals surface area contributed by atoms with Gasteiger partial charge in [-0.05, 0) is 263 Å². The number of hydrogen-bond donors (Lipinski definition) is 0. The largest absolute Gasteiger partial charge is 0.310 e. The van der Waals surface area contributed by atoms with Crippen molar-refractivity contribution in [3.63, 3.8) is 0 Å². The average molecular weight is 1680 g/mol. The molecule has 25 rings (SSSR count). The van der Waals surface area contributed by atoms with E-state index in [4.69, 9.17) is 0 Å². The summed E-state index contributed by atoms with van der Waals surface area (Å²) in [6.07, 6.45) is 0. The molecule has 0 unspecified atom stereocenters. The van der Waals surface area contributed by atoms with Crippen LogP contribution in [0, 0.1) is 0 Å². The van der Waals surface area contributed by atoms with Gasteiger partial charge in [-0.2, -0.15) is 0 Å². The van der Waals surface area contributed by atoms with Crippen LogP contribution in [0.2, 0.25) is 0 Å². The van der Waals surface area contributed by atoms with E-state index in [1.165, 1.54) is 65.3 Å². The molecule has 0 spiro atoms. The first-order valence-electron chi connectivity index (χ1n) is 45.1. The minimum Gasteiger partial charge on any atom is -0.310 e. The number of hydrogen-bond acceptors (Lipinski definition) is 4. The summed E-state index contributed by atoms with van der Waals surface area (Å²) in [6.45, 7) is 4.87. The summed E-state index contributed by atoms with van der Waals surface area (Å²) in [5.41, 5.74) is 34.7. The van der Waals surface area contributed by atoms with E-state index >= 15 is 0 Å². The SMILES string of the molecule is CC1(C)c2cc(-c3cc(N(c4ccccc4)c4ccc5c6ccccc6n(-c6ccccc6)c5c4)cc(N(c4ccccc4)c4ccc5c6ccccc6n(-c6ccccc6)c5c4)c3)ccc2-c2ccc(-c3cc(N(c4ccccc4)c4ccc5c6ccccc6n(-c6ccccc6)c5c4)cc(N(c4ccccc4)c4ccc5c6ccccc6n(-c6ccccc6)c5c4)c3)cc21. The van der Waals surface area contributed by atoms with Gasteiger partial charge in [-0.3, -0.25) is 0 Å². The van der Waals surface area contributed by atoms with E-state index in [1.54, 1.807) is 0 Å². The first-order valence-corrected chi connectivity index (χ1v) is 45.1. The molecule has 0 atom stereocenters. The van der Waals surface area contributed by atoms with Crippen LogP contribution in [0.1, 0.15) is 25.0 Å². The van der Waals surface area contributed by atoms with E-state index in [9.17, 15) is 0 Å². The third kappa shape index (κ3) is 12.8. The maximum Gasteiger partial charge on any atom is 0.0561 e. The molecule has 0 radical (unpaired) electrons. The normalized spacial score (nSPS) is 12.3. The molecule has 0 saturated heterocycles. The number of anilines is 12. The number of aromatic nitrogens is 4. The van der Waals surface area contributed by atoms with E-state index < -0.39 is 5.41 Å². The van der Waals surface area contributed by atoms with Crippen LogP contribution >= 0.6 is 0 Å². The molecule has 0 N–H and O–H groups in total. The number of rotatable bonds is 18. The fourth-order valence-corrected chi connectivity index (χ4v) is 21.0. The first-order chi connectivity index (χ1) is 64.7. The summed E-state index contributed by atoms with van der Waals surface area (Å²) >= 11 is 0. The number of nitrogens with zero attached hydrogens (tertiary/aromatic N) is 8. The molecule has 1 aliphatic carbocycles. The molecule has 0 saturated carbocycles. The van der Waals surface area contributed by atoms with Crippen LogP contribution < -0.4 is 19.6 Å². The highest BCUT2D eigenvalue weighted by atomic mass is 15.2. The second-order valence-corrected chi connectivity index (χ2v) is 34.9. The quantitative estimate of drug-likeness (QED) is 0.0857. The van der Waals surface area contributed by atoms with E-state index in [0.717, 1.165) is 157 Å². The zero-order valence-corrected chi connectivity index (χ0v) is 72.3. The van der Waals surface area contributed by atoms with Gasteiger partial charge in [-0.25, -0.2) is 0 Å². The standard InChI is InChI=1S/C123H86N8/c1-123(2)113-75-83(85-71-99(124(87-35-11-3-12-36-87)95-61-67-109-105-51-27-31-55-115(105)128(119(109)79-95)91-43-19-7-20-44-91)77-100(72-85)125(88-37-13-4-14-38-88)96-62-68-110-106-52-28-32-56-116(106)129(120(110)80-96)92-45-21-8-22-46-92)59-65-103(113)104-66-60-84(76-114(104)123)86-73-101(126(89-39-15-5-16-40-89)97-63-69-111-107-53-29-33-57-117(107)130(121(111)81-97)93-47-23-9-24-48-93)78-102(74-86)127(90-41-17-6-18-42-90)98-64-70-112-108-54-30-34-58-118(108)131(122(112)82-98)94-49-25-10-26-50-94/h3-82H,1-2H3. The van der Waals surface area contributed by atoms with Crippen molar-refractivity contribution < 1.29 is 0 Å². The summed E-state index contributed by atoms with van der Waals surface area (Å²) in [4.78, 5) is 9.84. The molecule has 1 aliphatic rings. The Morgan fingerprint density at radius 1 is 0.153 bits per heavy atom. The fourth-order valence-electron chi connectivity index (χ4n) is 21.0. The van der Waals surface area contributed by atoms with Crippen LogP contribution in [0.25, 0.3) is 143 Å². The maximum atomic E-state index is 2.50. The van der Waals surface area contributed by atoms with Gasteiger partial charge >= 0.3 is 0 Å². The van der Waals surface area contributed by atoms with Gasteiger partial charge in [-0.1, -0.05) is 281 Å². The van der Waals surface area contributed by atoms with Gasteiger partial charge in [-0.15, -0.1) is 0 Å². The Bertz CT molecular complexity index is 7620. The highest BCUT2D eigenvalue weighted by molar-refractivity contribution is 6.15. The maximum absolute atomic E-state index is 2.50. The van der Waals surface area contributed by atoms with E-state index in [2.05, 4.69) is 537 Å². The molecule has 0 aliphatic heterocycles. The predicted molar refractivity (Wildman–Crippen MR) is 551 cm³/mol. The third-order valence-corrected chi connectivity index (χ3v) is 27.0. The van der Waals surface area contributed by atoms with Crippen LogP contribution in [-0.4, -0.2) is 18.3 Å². The van der Waals surface area contributed by atoms with E-state index in [0.29, 0.717) is 0 Å². The molecule has 8 heteroatoms. The van der Waals surface area contributed by atoms with Crippen molar-refractivity contribution in [1.29, 1.82) is 0 Å². The Hall–Kier alpha value is -17.2. The summed E-state index contributed by atoms with van der Waals surface area (Å²) in [6, 6.07) is 179. The van der Waals surface area contributed by atoms with Gasteiger partial charge in [0.05, 0.1) is 44.1 Å². The molecular weight excluding hydrogens is 1590 g/mol. The highest BCUT2D eigenvalue weighted by Gasteiger charge is 2.37. The van der Waals surface area contributed by atoms with E-state index in [-0.39, 0.29) is 0 Å². The predicted octanol–water partition coefficient (Wildman–Crippen LogP) is 33.6. The molecule has 24 aromatic rings. The number of fused-ring (bicyclic) bond motifs is 15. The van der Waals surface area contributed by atoms with Gasteiger partial charge in [0.25, 0.3) is 0 Å². The second kappa shape index (κ2) is 31.1. The third-order valence-electron chi connectivity index (χ3n) is 27.0. The summed E-state index contributed by atoms with van der Waals surface area (Å²) < 4.78 is 9.69. The van der Waals surface area contributed by atoms with Gasteiger partial charge in [0.2, 0.25) is 0 Å². The molecule has 4 heterocycles. The molecule has 131 heavy (non-hydrogen) atoms. The molecule has 20 aromatic carbocycles. The topological polar surface area (TPSA) is 32.7 Å². The Balaban J connectivity index is 0.680. The lowest BCUT2D eigenvalue weighted by Gasteiger charge is -2.31. The van der Waals surface area contributed by atoms with Gasteiger partial charge in [0.1, 0.15) is 0 Å².